The van der Waals surface area contributed by atoms with E-state index < -0.39 is 24.4 Å². The molecule has 2 heterocycles. The Kier molecular flexibility index (Phi) is 7.65. The normalized spacial score (nSPS) is 20.5. The Balaban J connectivity index is 1.52. The number of benzene rings is 2. The predicted molar refractivity (Wildman–Crippen MR) is 129 cm³/mol. The molecule has 1 saturated heterocycles. The van der Waals surface area contributed by atoms with Crippen LogP contribution in [0.3, 0.4) is 0 Å². The number of likely N-dealkylation sites (tertiary alicyclic amines) is 1. The lowest BCUT2D eigenvalue weighted by atomic mass is 9.88. The minimum Gasteiger partial charge on any atom is -0.434 e. The highest BCUT2D eigenvalue weighted by molar-refractivity contribution is 6.05. The van der Waals surface area contributed by atoms with Crippen molar-refractivity contribution in [3.05, 3.63) is 71.3 Å². The van der Waals surface area contributed by atoms with Gasteiger partial charge in [-0.3, -0.25) is 9.69 Å². The number of carbonyl (C=O) groups is 1. The zero-order valence-corrected chi connectivity index (χ0v) is 20.3. The number of piperidine rings is 1. The first kappa shape index (κ1) is 25.7. The van der Waals surface area contributed by atoms with Crippen LogP contribution in [0, 0.1) is 24.6 Å². The van der Waals surface area contributed by atoms with Crippen molar-refractivity contribution >= 4 is 11.6 Å². The number of anilines is 1. The van der Waals surface area contributed by atoms with Gasteiger partial charge in [0.25, 0.3) is 5.91 Å². The average Bonchev–Trinajstić information content (AvgIpc) is 3.20. The van der Waals surface area contributed by atoms with Gasteiger partial charge in [-0.05, 0) is 43.0 Å². The van der Waals surface area contributed by atoms with Gasteiger partial charge >= 0.3 is 6.61 Å². The van der Waals surface area contributed by atoms with E-state index in [0.29, 0.717) is 36.6 Å². The molecule has 2 aromatic carbocycles. The van der Waals surface area contributed by atoms with Crippen LogP contribution < -0.4 is 10.1 Å². The van der Waals surface area contributed by atoms with Crippen LogP contribution in [0.15, 0.2) is 48.7 Å². The lowest BCUT2D eigenvalue weighted by Gasteiger charge is -2.39. The molecule has 192 valence electrons. The lowest BCUT2D eigenvalue weighted by Crippen LogP contribution is -2.46. The average molecular weight is 503 g/mol. The van der Waals surface area contributed by atoms with Crippen molar-refractivity contribution in [3.63, 3.8) is 0 Å². The van der Waals surface area contributed by atoms with E-state index in [4.69, 9.17) is 4.74 Å². The van der Waals surface area contributed by atoms with Crippen LogP contribution in [-0.4, -0.2) is 51.5 Å². The second-order valence-corrected chi connectivity index (χ2v) is 9.35. The first-order chi connectivity index (χ1) is 17.1. The fourth-order valence-corrected chi connectivity index (χ4v) is 4.64. The number of halogens is 3. The number of ether oxygens (including phenoxy) is 1. The van der Waals surface area contributed by atoms with E-state index in [2.05, 4.69) is 15.3 Å². The van der Waals surface area contributed by atoms with E-state index in [1.54, 1.807) is 31.2 Å². The molecule has 0 radical (unpaired) electrons. The monoisotopic (exact) mass is 502 g/mol. The minimum atomic E-state index is -3.03. The van der Waals surface area contributed by atoms with Crippen LogP contribution in [0.1, 0.15) is 35.5 Å². The molecule has 1 aliphatic rings. The molecule has 1 fully saturated rings. The molecular weight excluding hydrogens is 473 g/mol. The van der Waals surface area contributed by atoms with Crippen LogP contribution in [0.4, 0.5) is 18.9 Å². The molecule has 0 unspecified atom stereocenters. The SMILES string of the molecule is Cc1nn(-c2cccc(F)c2)cc1C(=O)Nc1ccc(CN2C[C@@H](C)[C@H](O)[C@@H](C)C2)c(OC(F)F)c1. The smallest absolute Gasteiger partial charge is 0.387 e. The number of aliphatic hydroxyl groups is 1. The second-order valence-electron chi connectivity index (χ2n) is 9.35. The number of rotatable bonds is 7. The molecule has 3 atom stereocenters. The number of amides is 1. The Bertz CT molecular complexity index is 1220. The number of nitrogens with zero attached hydrogens (tertiary/aromatic N) is 3. The summed E-state index contributed by atoms with van der Waals surface area (Å²) in [6.07, 6.45) is 1.08. The number of hydrogen-bond acceptors (Lipinski definition) is 5. The largest absolute Gasteiger partial charge is 0.434 e. The van der Waals surface area contributed by atoms with Crippen molar-refractivity contribution in [2.24, 2.45) is 11.8 Å². The quantitative estimate of drug-likeness (QED) is 0.493. The standard InChI is InChI=1S/C26H29F3N4O3/c1-15-11-32(12-16(2)24(15)34)13-18-7-8-20(10-23(18)36-26(28)29)30-25(35)22-14-33(31-17(22)3)21-6-4-5-19(27)9-21/h4-10,14-16,24,26,34H,11-13H2,1-3H3,(H,30,35)/t15-,16+,24+. The number of aliphatic hydroxyl groups excluding tert-OH is 1. The Morgan fingerprint density at radius 2 is 1.92 bits per heavy atom. The first-order valence-corrected chi connectivity index (χ1v) is 11.7. The summed E-state index contributed by atoms with van der Waals surface area (Å²) in [5, 5.41) is 17.2. The highest BCUT2D eigenvalue weighted by Gasteiger charge is 2.30. The first-order valence-electron chi connectivity index (χ1n) is 11.7. The van der Waals surface area contributed by atoms with Crippen molar-refractivity contribution in [2.75, 3.05) is 18.4 Å². The van der Waals surface area contributed by atoms with Crippen molar-refractivity contribution in [3.8, 4) is 11.4 Å². The Labute approximate surface area is 207 Å². The molecular formula is C26H29F3N4O3. The third kappa shape index (κ3) is 5.88. The Morgan fingerprint density at radius 3 is 2.58 bits per heavy atom. The zero-order chi connectivity index (χ0) is 26.0. The number of aromatic nitrogens is 2. The van der Waals surface area contributed by atoms with Crippen LogP contribution in [-0.2, 0) is 6.54 Å². The third-order valence-corrected chi connectivity index (χ3v) is 6.41. The van der Waals surface area contributed by atoms with Crippen LogP contribution in [0.5, 0.6) is 5.75 Å². The molecule has 1 aromatic heterocycles. The number of nitrogens with one attached hydrogen (secondary N) is 1. The van der Waals surface area contributed by atoms with Crippen molar-refractivity contribution < 1.29 is 27.8 Å². The Hall–Kier alpha value is -3.37. The van der Waals surface area contributed by atoms with Crippen LogP contribution in [0.25, 0.3) is 5.69 Å². The fourth-order valence-electron chi connectivity index (χ4n) is 4.64. The summed E-state index contributed by atoms with van der Waals surface area (Å²) in [4.78, 5) is 15.0. The predicted octanol–water partition coefficient (Wildman–Crippen LogP) is 4.62. The van der Waals surface area contributed by atoms with Gasteiger partial charge in [0, 0.05) is 43.1 Å². The summed E-state index contributed by atoms with van der Waals surface area (Å²) < 4.78 is 46.1. The summed E-state index contributed by atoms with van der Waals surface area (Å²) in [6.45, 7) is 4.18. The highest BCUT2D eigenvalue weighted by atomic mass is 19.3. The van der Waals surface area contributed by atoms with E-state index in [1.807, 2.05) is 13.8 Å². The van der Waals surface area contributed by atoms with E-state index >= 15 is 0 Å². The molecule has 1 amide bonds. The second kappa shape index (κ2) is 10.7. The van der Waals surface area contributed by atoms with Crippen molar-refractivity contribution in [1.29, 1.82) is 0 Å². The fraction of sp³-hybridized carbons (Fsp3) is 0.385. The maximum Gasteiger partial charge on any atom is 0.387 e. The van der Waals surface area contributed by atoms with Gasteiger partial charge in [-0.1, -0.05) is 26.0 Å². The number of alkyl halides is 2. The van der Waals surface area contributed by atoms with Gasteiger partial charge in [-0.2, -0.15) is 13.9 Å². The number of aryl methyl sites for hydroxylation is 1. The number of hydrogen-bond donors (Lipinski definition) is 2. The topological polar surface area (TPSA) is 79.6 Å². The molecule has 10 heteroatoms. The molecule has 1 aliphatic heterocycles. The third-order valence-electron chi connectivity index (χ3n) is 6.41. The van der Waals surface area contributed by atoms with Gasteiger partial charge in [-0.15, -0.1) is 0 Å². The highest BCUT2D eigenvalue weighted by Crippen LogP contribution is 2.30. The van der Waals surface area contributed by atoms with E-state index in [0.717, 1.165) is 0 Å². The van der Waals surface area contributed by atoms with Crippen LogP contribution >= 0.6 is 0 Å². The number of carbonyl (C=O) groups excluding carboxylic acids is 1. The van der Waals surface area contributed by atoms with E-state index in [9.17, 15) is 23.1 Å². The summed E-state index contributed by atoms with van der Waals surface area (Å²) >= 11 is 0. The maximum atomic E-state index is 13.6. The van der Waals surface area contributed by atoms with Crippen LogP contribution in [0.2, 0.25) is 0 Å². The molecule has 3 aromatic rings. The molecule has 0 spiro atoms. The summed E-state index contributed by atoms with van der Waals surface area (Å²) in [6, 6.07) is 10.5. The summed E-state index contributed by atoms with van der Waals surface area (Å²) in [5.41, 5.74) is 1.98. The molecule has 36 heavy (non-hydrogen) atoms. The summed E-state index contributed by atoms with van der Waals surface area (Å²) in [7, 11) is 0. The van der Waals surface area contributed by atoms with Gasteiger partial charge in [0.15, 0.2) is 0 Å². The van der Waals surface area contributed by atoms with Gasteiger partial charge < -0.3 is 15.2 Å². The maximum absolute atomic E-state index is 13.6. The van der Waals surface area contributed by atoms with Gasteiger partial charge in [0.05, 0.1) is 23.0 Å². The molecule has 2 N–H and O–H groups in total. The molecule has 4 rings (SSSR count). The zero-order valence-electron chi connectivity index (χ0n) is 20.3. The van der Waals surface area contributed by atoms with Gasteiger partial charge in [0.1, 0.15) is 11.6 Å². The molecule has 0 bridgehead atoms. The minimum absolute atomic E-state index is 0.0265. The van der Waals surface area contributed by atoms with Gasteiger partial charge in [0.2, 0.25) is 0 Å². The molecule has 0 aliphatic carbocycles. The molecule has 0 saturated carbocycles. The van der Waals surface area contributed by atoms with E-state index in [1.165, 1.54) is 29.1 Å². The summed E-state index contributed by atoms with van der Waals surface area (Å²) in [5.74, 6) is -0.824. The van der Waals surface area contributed by atoms with Crippen molar-refractivity contribution in [1.82, 2.24) is 14.7 Å². The van der Waals surface area contributed by atoms with Gasteiger partial charge in [-0.25, -0.2) is 9.07 Å². The molecule has 7 nitrogen and oxygen atoms in total. The van der Waals surface area contributed by atoms with Crippen molar-refractivity contribution in [2.45, 2.75) is 40.0 Å². The lowest BCUT2D eigenvalue weighted by molar-refractivity contribution is -0.0514. The van der Waals surface area contributed by atoms with E-state index in [-0.39, 0.29) is 28.8 Å². The Morgan fingerprint density at radius 1 is 1.19 bits per heavy atom.